The molecule has 1 aromatic carbocycles. The predicted octanol–water partition coefficient (Wildman–Crippen LogP) is 2.04. The van der Waals surface area contributed by atoms with Gasteiger partial charge in [-0.1, -0.05) is 12.1 Å². The number of rotatable bonds is 2. The first-order chi connectivity index (χ1) is 13.5. The summed E-state index contributed by atoms with van der Waals surface area (Å²) in [5.74, 6) is -0.307. The number of nitrogens with zero attached hydrogens (tertiary/aromatic N) is 5. The zero-order valence-electron chi connectivity index (χ0n) is 15.8. The van der Waals surface area contributed by atoms with Gasteiger partial charge in [0.25, 0.3) is 5.91 Å². The van der Waals surface area contributed by atoms with Crippen LogP contribution in [-0.4, -0.2) is 70.6 Å². The fraction of sp³-hybridized carbons (Fsp3) is 0.400. The lowest BCUT2D eigenvalue weighted by molar-refractivity contribution is 0.0759. The van der Waals surface area contributed by atoms with Crippen molar-refractivity contribution in [2.45, 2.75) is 6.04 Å². The second-order valence-corrected chi connectivity index (χ2v) is 7.57. The molecular weight excluding hydrogens is 361 g/mol. The highest BCUT2D eigenvalue weighted by Crippen LogP contribution is 2.45. The standard InChI is InChI=1S/C20H22FN5O2/c1-24(2)20(28)26-11-14-10-25(19(27)17-7-4-8-22-23-17)12-16(14)18(26)13-5-3-6-15(21)9-13/h3-9,14,16,18H,10-12H2,1-2H3/t14-,16-,18+/m1/s1. The number of amides is 3. The third kappa shape index (κ3) is 3.19. The summed E-state index contributed by atoms with van der Waals surface area (Å²) in [5, 5.41) is 7.69. The van der Waals surface area contributed by atoms with Crippen molar-refractivity contribution in [3.63, 3.8) is 0 Å². The van der Waals surface area contributed by atoms with Crippen LogP contribution < -0.4 is 0 Å². The van der Waals surface area contributed by atoms with Crippen LogP contribution in [0.2, 0.25) is 0 Å². The molecule has 0 spiro atoms. The van der Waals surface area contributed by atoms with E-state index in [4.69, 9.17) is 0 Å². The molecule has 2 aliphatic rings. The molecule has 4 rings (SSSR count). The fourth-order valence-electron chi connectivity index (χ4n) is 4.36. The first-order valence-electron chi connectivity index (χ1n) is 9.26. The quantitative estimate of drug-likeness (QED) is 0.796. The molecule has 8 heteroatoms. The molecule has 0 saturated carbocycles. The summed E-state index contributed by atoms with van der Waals surface area (Å²) in [6.07, 6.45) is 1.53. The van der Waals surface area contributed by atoms with E-state index in [9.17, 15) is 14.0 Å². The minimum absolute atomic E-state index is 0.0475. The first-order valence-corrected chi connectivity index (χ1v) is 9.26. The van der Waals surface area contributed by atoms with Crippen molar-refractivity contribution in [3.8, 4) is 0 Å². The minimum atomic E-state index is -0.330. The van der Waals surface area contributed by atoms with Crippen LogP contribution in [-0.2, 0) is 0 Å². The number of likely N-dealkylation sites (tertiary alicyclic amines) is 2. The molecule has 7 nitrogen and oxygen atoms in total. The Morgan fingerprint density at radius 2 is 1.96 bits per heavy atom. The first kappa shape index (κ1) is 18.3. The van der Waals surface area contributed by atoms with E-state index in [2.05, 4.69) is 10.2 Å². The smallest absolute Gasteiger partial charge is 0.320 e. The molecule has 146 valence electrons. The van der Waals surface area contributed by atoms with E-state index < -0.39 is 0 Å². The van der Waals surface area contributed by atoms with E-state index in [1.165, 1.54) is 23.2 Å². The molecular formula is C20H22FN5O2. The number of fused-ring (bicyclic) bond motifs is 1. The zero-order chi connectivity index (χ0) is 19.8. The van der Waals surface area contributed by atoms with Gasteiger partial charge in [0.15, 0.2) is 5.69 Å². The lowest BCUT2D eigenvalue weighted by Gasteiger charge is -2.31. The van der Waals surface area contributed by atoms with Crippen molar-refractivity contribution in [3.05, 3.63) is 59.7 Å². The predicted molar refractivity (Wildman–Crippen MR) is 99.8 cm³/mol. The summed E-state index contributed by atoms with van der Waals surface area (Å²) < 4.78 is 13.9. The van der Waals surface area contributed by atoms with Gasteiger partial charge in [-0.15, -0.1) is 5.10 Å². The van der Waals surface area contributed by atoms with Crippen LogP contribution in [0, 0.1) is 17.7 Å². The second-order valence-electron chi connectivity index (χ2n) is 7.57. The lowest BCUT2D eigenvalue weighted by Crippen LogP contribution is -2.42. The van der Waals surface area contributed by atoms with Gasteiger partial charge in [-0.05, 0) is 29.8 Å². The summed E-state index contributed by atoms with van der Waals surface area (Å²) in [4.78, 5) is 30.6. The van der Waals surface area contributed by atoms with E-state index >= 15 is 0 Å². The number of urea groups is 1. The van der Waals surface area contributed by atoms with Crippen LogP contribution in [0.5, 0.6) is 0 Å². The van der Waals surface area contributed by atoms with Crippen LogP contribution in [0.25, 0.3) is 0 Å². The van der Waals surface area contributed by atoms with Crippen LogP contribution in [0.15, 0.2) is 42.6 Å². The third-order valence-electron chi connectivity index (χ3n) is 5.56. The van der Waals surface area contributed by atoms with Crippen LogP contribution in [0.1, 0.15) is 22.1 Å². The van der Waals surface area contributed by atoms with Gasteiger partial charge >= 0.3 is 6.03 Å². The molecule has 0 radical (unpaired) electrons. The maximum atomic E-state index is 13.9. The molecule has 0 aliphatic carbocycles. The number of hydrogen-bond acceptors (Lipinski definition) is 4. The normalized spacial score (nSPS) is 23.6. The molecule has 2 saturated heterocycles. The zero-order valence-corrected chi connectivity index (χ0v) is 15.8. The maximum absolute atomic E-state index is 13.9. The minimum Gasteiger partial charge on any atom is -0.337 e. The Balaban J connectivity index is 1.62. The van der Waals surface area contributed by atoms with E-state index in [1.807, 2.05) is 6.07 Å². The maximum Gasteiger partial charge on any atom is 0.320 e. The van der Waals surface area contributed by atoms with Crippen molar-refractivity contribution in [2.24, 2.45) is 11.8 Å². The Hall–Kier alpha value is -3.03. The Kier molecular flexibility index (Phi) is 4.70. The summed E-state index contributed by atoms with van der Waals surface area (Å²) in [5.41, 5.74) is 1.07. The van der Waals surface area contributed by atoms with Gasteiger partial charge in [0.1, 0.15) is 5.82 Å². The van der Waals surface area contributed by atoms with E-state index in [-0.39, 0.29) is 35.6 Å². The third-order valence-corrected chi connectivity index (χ3v) is 5.56. The lowest BCUT2D eigenvalue weighted by atomic mass is 9.89. The molecule has 3 amide bonds. The number of carbonyl (C=O) groups excluding carboxylic acids is 2. The molecule has 1 aromatic heterocycles. The van der Waals surface area contributed by atoms with Crippen molar-refractivity contribution < 1.29 is 14.0 Å². The Bertz CT molecular complexity index is 891. The fourth-order valence-corrected chi connectivity index (χ4v) is 4.36. The molecule has 0 bridgehead atoms. The molecule has 3 heterocycles. The molecule has 28 heavy (non-hydrogen) atoms. The molecule has 0 N–H and O–H groups in total. The van der Waals surface area contributed by atoms with Gasteiger partial charge in [0, 0.05) is 51.8 Å². The summed E-state index contributed by atoms with van der Waals surface area (Å²) in [7, 11) is 3.42. The van der Waals surface area contributed by atoms with Gasteiger partial charge in [-0.25, -0.2) is 9.18 Å². The Morgan fingerprint density at radius 3 is 2.64 bits per heavy atom. The number of hydrogen-bond donors (Lipinski definition) is 0. The molecule has 2 fully saturated rings. The monoisotopic (exact) mass is 383 g/mol. The largest absolute Gasteiger partial charge is 0.337 e. The highest BCUT2D eigenvalue weighted by atomic mass is 19.1. The number of aromatic nitrogens is 2. The van der Waals surface area contributed by atoms with Crippen LogP contribution in [0.3, 0.4) is 0 Å². The summed E-state index contributed by atoms with van der Waals surface area (Å²) in [6, 6.07) is 9.35. The van der Waals surface area contributed by atoms with Crippen LogP contribution in [0.4, 0.5) is 9.18 Å². The summed E-state index contributed by atoms with van der Waals surface area (Å²) in [6.45, 7) is 1.58. The van der Waals surface area contributed by atoms with Gasteiger partial charge < -0.3 is 14.7 Å². The van der Waals surface area contributed by atoms with E-state index in [0.29, 0.717) is 25.3 Å². The van der Waals surface area contributed by atoms with Crippen molar-refractivity contribution >= 4 is 11.9 Å². The highest BCUT2D eigenvalue weighted by Gasteiger charge is 2.50. The Labute approximate surface area is 162 Å². The molecule has 2 aromatic rings. The van der Waals surface area contributed by atoms with Gasteiger partial charge in [0.05, 0.1) is 6.04 Å². The summed E-state index contributed by atoms with van der Waals surface area (Å²) >= 11 is 0. The SMILES string of the molecule is CN(C)C(=O)N1C[C@H]2CN(C(=O)c3cccnn3)C[C@H]2[C@@H]1c1cccc(F)c1. The highest BCUT2D eigenvalue weighted by molar-refractivity contribution is 5.92. The average molecular weight is 383 g/mol. The number of benzene rings is 1. The van der Waals surface area contributed by atoms with Crippen molar-refractivity contribution in [1.82, 2.24) is 24.9 Å². The van der Waals surface area contributed by atoms with Gasteiger partial charge in [-0.3, -0.25) is 4.79 Å². The number of halogens is 1. The Morgan fingerprint density at radius 1 is 1.14 bits per heavy atom. The van der Waals surface area contributed by atoms with Crippen molar-refractivity contribution in [2.75, 3.05) is 33.7 Å². The van der Waals surface area contributed by atoms with E-state index in [0.717, 1.165) is 5.56 Å². The second kappa shape index (κ2) is 7.18. The average Bonchev–Trinajstić information content (AvgIpc) is 3.25. The number of carbonyl (C=O) groups is 2. The van der Waals surface area contributed by atoms with E-state index in [1.54, 1.807) is 42.1 Å². The topological polar surface area (TPSA) is 69.6 Å². The van der Waals surface area contributed by atoms with Gasteiger partial charge in [0.2, 0.25) is 0 Å². The van der Waals surface area contributed by atoms with Crippen LogP contribution >= 0.6 is 0 Å². The molecule has 3 atom stereocenters. The van der Waals surface area contributed by atoms with Crippen molar-refractivity contribution in [1.29, 1.82) is 0 Å². The molecule has 0 unspecified atom stereocenters. The van der Waals surface area contributed by atoms with Gasteiger partial charge in [-0.2, -0.15) is 5.10 Å². The molecule has 2 aliphatic heterocycles.